The molecule has 1 amide bonds. The Balaban J connectivity index is 1.61. The predicted molar refractivity (Wildman–Crippen MR) is 88.5 cm³/mol. The van der Waals surface area contributed by atoms with Gasteiger partial charge in [-0.25, -0.2) is 0 Å². The van der Waals surface area contributed by atoms with Crippen molar-refractivity contribution in [2.45, 2.75) is 57.4 Å². The number of ketones is 1. The van der Waals surface area contributed by atoms with Gasteiger partial charge in [-0.3, -0.25) is 14.4 Å². The first-order valence-electron chi connectivity index (χ1n) is 8.17. The van der Waals surface area contributed by atoms with Gasteiger partial charge in [0.15, 0.2) is 12.4 Å². The predicted octanol–water partition coefficient (Wildman–Crippen LogP) is 3.09. The number of carbonyl (C=O) groups excluding carboxylic acids is 3. The molecule has 1 aromatic heterocycles. The maximum atomic E-state index is 11.8. The van der Waals surface area contributed by atoms with Crippen LogP contribution in [0, 0.1) is 0 Å². The number of hydrogen-bond acceptors (Lipinski definition) is 5. The highest BCUT2D eigenvalue weighted by molar-refractivity contribution is 7.12. The maximum Gasteiger partial charge on any atom is 0.306 e. The van der Waals surface area contributed by atoms with Crippen molar-refractivity contribution in [3.63, 3.8) is 0 Å². The lowest BCUT2D eigenvalue weighted by atomic mass is 10.1. The third-order valence-electron chi connectivity index (χ3n) is 3.94. The number of nitrogens with one attached hydrogen (secondary N) is 1. The van der Waals surface area contributed by atoms with Crippen molar-refractivity contribution in [1.29, 1.82) is 0 Å². The molecule has 0 aromatic carbocycles. The summed E-state index contributed by atoms with van der Waals surface area (Å²) in [7, 11) is 0. The van der Waals surface area contributed by atoms with Crippen molar-refractivity contribution in [2.24, 2.45) is 0 Å². The topological polar surface area (TPSA) is 72.5 Å². The lowest BCUT2D eigenvalue weighted by Gasteiger charge is -2.16. The molecule has 0 unspecified atom stereocenters. The van der Waals surface area contributed by atoms with Crippen molar-refractivity contribution in [1.82, 2.24) is 5.32 Å². The van der Waals surface area contributed by atoms with Crippen molar-refractivity contribution >= 4 is 29.0 Å². The van der Waals surface area contributed by atoms with E-state index < -0.39 is 5.97 Å². The largest absolute Gasteiger partial charge is 0.456 e. The Morgan fingerprint density at radius 2 is 1.87 bits per heavy atom. The van der Waals surface area contributed by atoms with E-state index in [4.69, 9.17) is 4.74 Å². The van der Waals surface area contributed by atoms with E-state index in [9.17, 15) is 14.4 Å². The Labute approximate surface area is 140 Å². The first-order chi connectivity index (χ1) is 11.1. The van der Waals surface area contributed by atoms with Crippen LogP contribution in [-0.4, -0.2) is 30.3 Å². The molecular weight excluding hydrogens is 314 g/mol. The Morgan fingerprint density at radius 3 is 2.52 bits per heavy atom. The van der Waals surface area contributed by atoms with E-state index in [-0.39, 0.29) is 37.2 Å². The Bertz CT molecular complexity index is 519. The van der Waals surface area contributed by atoms with Gasteiger partial charge in [0.25, 0.3) is 5.91 Å². The second-order valence-electron chi connectivity index (χ2n) is 5.82. The van der Waals surface area contributed by atoms with Crippen molar-refractivity contribution in [2.75, 3.05) is 6.61 Å². The molecule has 2 rings (SSSR count). The molecular formula is C17H23NO4S. The van der Waals surface area contributed by atoms with Gasteiger partial charge in [0.05, 0.1) is 11.3 Å². The average Bonchev–Trinajstić information content (AvgIpc) is 2.97. The number of esters is 1. The molecule has 1 fully saturated rings. The molecule has 0 spiro atoms. The Morgan fingerprint density at radius 1 is 1.13 bits per heavy atom. The Hall–Kier alpha value is -1.69. The van der Waals surface area contributed by atoms with E-state index in [1.165, 1.54) is 24.2 Å². The summed E-state index contributed by atoms with van der Waals surface area (Å²) in [6, 6.07) is 3.73. The molecule has 0 radical (unpaired) electrons. The fourth-order valence-corrected chi connectivity index (χ4v) is 3.38. The number of rotatable bonds is 7. The van der Waals surface area contributed by atoms with E-state index >= 15 is 0 Å². The van der Waals surface area contributed by atoms with Gasteiger partial charge in [0.1, 0.15) is 0 Å². The fraction of sp³-hybridized carbons (Fsp3) is 0.588. The molecule has 0 saturated heterocycles. The van der Waals surface area contributed by atoms with Crippen LogP contribution in [-0.2, 0) is 14.3 Å². The van der Waals surface area contributed by atoms with E-state index in [0.717, 1.165) is 25.7 Å². The molecule has 0 atom stereocenters. The van der Waals surface area contributed by atoms with Crippen LogP contribution in [0.25, 0.3) is 0 Å². The molecule has 0 bridgehead atoms. The van der Waals surface area contributed by atoms with Crippen molar-refractivity contribution < 1.29 is 19.1 Å². The van der Waals surface area contributed by atoms with Crippen LogP contribution >= 0.6 is 11.3 Å². The second kappa shape index (κ2) is 9.45. The quantitative estimate of drug-likeness (QED) is 0.471. The third-order valence-corrected chi connectivity index (χ3v) is 4.85. The zero-order chi connectivity index (χ0) is 16.5. The van der Waals surface area contributed by atoms with Crippen LogP contribution in [0.4, 0.5) is 0 Å². The Kier molecular flexibility index (Phi) is 7.26. The first kappa shape index (κ1) is 17.7. The third kappa shape index (κ3) is 6.52. The van der Waals surface area contributed by atoms with Gasteiger partial charge in [-0.05, 0) is 24.3 Å². The normalized spacial score (nSPS) is 15.7. The van der Waals surface area contributed by atoms with Crippen LogP contribution in [0.15, 0.2) is 17.5 Å². The molecule has 1 saturated carbocycles. The molecule has 1 aliphatic rings. The number of ether oxygens (including phenoxy) is 1. The molecule has 1 aliphatic carbocycles. The van der Waals surface area contributed by atoms with E-state index in [0.29, 0.717) is 4.88 Å². The molecule has 1 aromatic rings. The zero-order valence-corrected chi connectivity index (χ0v) is 14.0. The SMILES string of the molecule is O=C(COC(=O)CCC(=O)c1cccs1)NC1CCCCCC1. The summed E-state index contributed by atoms with van der Waals surface area (Å²) in [6.45, 7) is -0.261. The van der Waals surface area contributed by atoms with E-state index in [1.807, 2.05) is 5.38 Å². The number of thiophene rings is 1. The maximum absolute atomic E-state index is 11.8. The molecule has 1 heterocycles. The van der Waals surface area contributed by atoms with Gasteiger partial charge >= 0.3 is 5.97 Å². The number of Topliss-reactive ketones (excluding diaryl/α,β-unsaturated/α-hetero) is 1. The summed E-state index contributed by atoms with van der Waals surface area (Å²) >= 11 is 1.36. The smallest absolute Gasteiger partial charge is 0.306 e. The highest BCUT2D eigenvalue weighted by atomic mass is 32.1. The zero-order valence-electron chi connectivity index (χ0n) is 13.2. The van der Waals surface area contributed by atoms with Crippen LogP contribution in [0.1, 0.15) is 61.0 Å². The summed E-state index contributed by atoms with van der Waals surface area (Å²) in [4.78, 5) is 35.8. The molecule has 126 valence electrons. The molecule has 23 heavy (non-hydrogen) atoms. The minimum absolute atomic E-state index is 0.00738. The van der Waals surface area contributed by atoms with Gasteiger partial charge in [-0.15, -0.1) is 11.3 Å². The first-order valence-corrected chi connectivity index (χ1v) is 9.05. The van der Waals surface area contributed by atoms with Crippen LogP contribution in [0.5, 0.6) is 0 Å². The minimum Gasteiger partial charge on any atom is -0.456 e. The monoisotopic (exact) mass is 337 g/mol. The standard InChI is InChI=1S/C17H23NO4S/c19-14(15-8-5-11-23-15)9-10-17(21)22-12-16(20)18-13-6-3-1-2-4-7-13/h5,8,11,13H,1-4,6-7,9-10,12H2,(H,18,20). The molecule has 6 heteroatoms. The summed E-state index contributed by atoms with van der Waals surface area (Å²) in [6.07, 6.45) is 6.82. The van der Waals surface area contributed by atoms with Crippen LogP contribution < -0.4 is 5.32 Å². The second-order valence-corrected chi connectivity index (χ2v) is 6.76. The van der Waals surface area contributed by atoms with Crippen molar-refractivity contribution in [3.8, 4) is 0 Å². The molecule has 1 N–H and O–H groups in total. The molecule has 5 nitrogen and oxygen atoms in total. The fourth-order valence-electron chi connectivity index (χ4n) is 2.69. The van der Waals surface area contributed by atoms with Gasteiger partial charge in [0, 0.05) is 12.5 Å². The molecule has 0 aliphatic heterocycles. The lowest BCUT2D eigenvalue weighted by molar-refractivity contribution is -0.148. The minimum atomic E-state index is -0.508. The van der Waals surface area contributed by atoms with Gasteiger partial charge in [0.2, 0.25) is 0 Å². The highest BCUT2D eigenvalue weighted by Gasteiger charge is 2.16. The van der Waals surface area contributed by atoms with Gasteiger partial charge < -0.3 is 10.1 Å². The van der Waals surface area contributed by atoms with Crippen LogP contribution in [0.2, 0.25) is 0 Å². The summed E-state index contributed by atoms with van der Waals surface area (Å²) in [5.41, 5.74) is 0. The van der Waals surface area contributed by atoms with Gasteiger partial charge in [-0.1, -0.05) is 31.7 Å². The van der Waals surface area contributed by atoms with Crippen molar-refractivity contribution in [3.05, 3.63) is 22.4 Å². The number of amides is 1. The number of carbonyl (C=O) groups is 3. The summed E-state index contributed by atoms with van der Waals surface area (Å²) < 4.78 is 4.94. The van der Waals surface area contributed by atoms with E-state index in [2.05, 4.69) is 5.32 Å². The van der Waals surface area contributed by atoms with E-state index in [1.54, 1.807) is 12.1 Å². The van der Waals surface area contributed by atoms with Gasteiger partial charge in [-0.2, -0.15) is 0 Å². The summed E-state index contributed by atoms with van der Waals surface area (Å²) in [5, 5.41) is 4.74. The number of hydrogen-bond donors (Lipinski definition) is 1. The lowest BCUT2D eigenvalue weighted by Crippen LogP contribution is -2.37. The highest BCUT2D eigenvalue weighted by Crippen LogP contribution is 2.17. The summed E-state index contributed by atoms with van der Waals surface area (Å²) in [5.74, 6) is -0.833. The average molecular weight is 337 g/mol. The van der Waals surface area contributed by atoms with Crippen LogP contribution in [0.3, 0.4) is 0 Å².